The number of anilines is 1. The summed E-state index contributed by atoms with van der Waals surface area (Å²) in [6, 6.07) is 18.3. The number of aromatic nitrogens is 1. The molecule has 0 saturated heterocycles. The zero-order valence-corrected chi connectivity index (χ0v) is 20.7. The number of hydrogen-bond acceptors (Lipinski definition) is 6. The van der Waals surface area contributed by atoms with Gasteiger partial charge in [-0.15, -0.1) is 0 Å². The number of fused-ring (bicyclic) bond motifs is 1. The number of aryl methyl sites for hydroxylation is 2. The SMILES string of the molecule is COc1cc2nccc(Oc3ccc(NC(=S)NC(=O)c4cc(C)cc(C)c4)cc3)c2cc1OC. The largest absolute Gasteiger partial charge is 0.493 e. The number of thiocarbonyl (C=S) groups is 1. The highest BCUT2D eigenvalue weighted by atomic mass is 32.1. The first-order valence-electron chi connectivity index (χ1n) is 10.9. The number of carbonyl (C=O) groups is 1. The van der Waals surface area contributed by atoms with E-state index in [9.17, 15) is 4.79 Å². The average molecular weight is 488 g/mol. The maximum atomic E-state index is 12.5. The van der Waals surface area contributed by atoms with Crippen molar-refractivity contribution < 1.29 is 19.0 Å². The van der Waals surface area contributed by atoms with Crippen molar-refractivity contribution >= 4 is 39.8 Å². The summed E-state index contributed by atoms with van der Waals surface area (Å²) in [6.45, 7) is 3.90. The van der Waals surface area contributed by atoms with E-state index in [1.807, 2.05) is 62.4 Å². The fourth-order valence-corrected chi connectivity index (χ4v) is 3.92. The van der Waals surface area contributed by atoms with Crippen LogP contribution in [0.15, 0.2) is 66.9 Å². The molecule has 0 atom stereocenters. The lowest BCUT2D eigenvalue weighted by Gasteiger charge is -2.13. The minimum Gasteiger partial charge on any atom is -0.493 e. The molecule has 0 aliphatic carbocycles. The topological polar surface area (TPSA) is 81.7 Å². The van der Waals surface area contributed by atoms with Gasteiger partial charge in [0.25, 0.3) is 5.91 Å². The van der Waals surface area contributed by atoms with Gasteiger partial charge < -0.3 is 19.5 Å². The molecule has 0 radical (unpaired) electrons. The molecule has 0 aliphatic heterocycles. The average Bonchev–Trinajstić information content (AvgIpc) is 2.84. The molecule has 0 bridgehead atoms. The van der Waals surface area contributed by atoms with Crippen molar-refractivity contribution in [3.8, 4) is 23.0 Å². The van der Waals surface area contributed by atoms with Crippen LogP contribution in [0.25, 0.3) is 10.9 Å². The second-order valence-electron chi connectivity index (χ2n) is 7.94. The van der Waals surface area contributed by atoms with E-state index in [1.54, 1.807) is 32.5 Å². The van der Waals surface area contributed by atoms with Crippen LogP contribution in [-0.4, -0.2) is 30.2 Å². The van der Waals surface area contributed by atoms with E-state index in [-0.39, 0.29) is 11.0 Å². The van der Waals surface area contributed by atoms with E-state index in [0.717, 1.165) is 22.0 Å². The van der Waals surface area contributed by atoms with E-state index >= 15 is 0 Å². The molecule has 8 heteroatoms. The van der Waals surface area contributed by atoms with Crippen molar-refractivity contribution in [2.75, 3.05) is 19.5 Å². The Labute approximate surface area is 209 Å². The second kappa shape index (κ2) is 10.4. The van der Waals surface area contributed by atoms with Crippen LogP contribution < -0.4 is 24.8 Å². The van der Waals surface area contributed by atoms with Gasteiger partial charge >= 0.3 is 0 Å². The Morgan fingerprint density at radius 2 is 1.51 bits per heavy atom. The number of hydrogen-bond donors (Lipinski definition) is 2. The lowest BCUT2D eigenvalue weighted by molar-refractivity contribution is 0.0977. The van der Waals surface area contributed by atoms with Gasteiger partial charge in [0.05, 0.1) is 19.7 Å². The predicted molar refractivity (Wildman–Crippen MR) is 141 cm³/mol. The summed E-state index contributed by atoms with van der Waals surface area (Å²) in [4.78, 5) is 16.9. The Balaban J connectivity index is 1.44. The minimum absolute atomic E-state index is 0.212. The van der Waals surface area contributed by atoms with Crippen LogP contribution >= 0.6 is 12.2 Å². The third-order valence-corrected chi connectivity index (χ3v) is 5.46. The third kappa shape index (κ3) is 5.67. The molecule has 35 heavy (non-hydrogen) atoms. The lowest BCUT2D eigenvalue weighted by Crippen LogP contribution is -2.34. The number of ether oxygens (including phenoxy) is 3. The number of methoxy groups -OCH3 is 2. The Hall–Kier alpha value is -4.17. The molecule has 3 aromatic carbocycles. The van der Waals surface area contributed by atoms with Gasteiger partial charge in [-0.3, -0.25) is 15.1 Å². The van der Waals surface area contributed by atoms with Crippen LogP contribution in [0, 0.1) is 13.8 Å². The van der Waals surface area contributed by atoms with Crippen LogP contribution in [-0.2, 0) is 0 Å². The quantitative estimate of drug-likeness (QED) is 0.333. The third-order valence-electron chi connectivity index (χ3n) is 5.26. The van der Waals surface area contributed by atoms with E-state index in [4.69, 9.17) is 26.4 Å². The molecule has 2 N–H and O–H groups in total. The number of benzene rings is 3. The zero-order chi connectivity index (χ0) is 24.9. The zero-order valence-electron chi connectivity index (χ0n) is 19.8. The summed E-state index contributed by atoms with van der Waals surface area (Å²) in [5.74, 6) is 2.19. The summed E-state index contributed by atoms with van der Waals surface area (Å²) in [6.07, 6.45) is 1.68. The minimum atomic E-state index is -0.258. The Morgan fingerprint density at radius 1 is 0.857 bits per heavy atom. The maximum absolute atomic E-state index is 12.5. The molecule has 178 valence electrons. The predicted octanol–water partition coefficient (Wildman–Crippen LogP) is 5.79. The first-order valence-corrected chi connectivity index (χ1v) is 11.3. The molecule has 0 unspecified atom stereocenters. The monoisotopic (exact) mass is 487 g/mol. The highest BCUT2D eigenvalue weighted by Gasteiger charge is 2.12. The van der Waals surface area contributed by atoms with Crippen LogP contribution in [0.3, 0.4) is 0 Å². The molecule has 0 saturated carbocycles. The number of pyridine rings is 1. The molecule has 4 rings (SSSR count). The Bertz CT molecular complexity index is 1380. The lowest BCUT2D eigenvalue weighted by atomic mass is 10.1. The van der Waals surface area contributed by atoms with E-state index in [0.29, 0.717) is 34.2 Å². The van der Waals surface area contributed by atoms with Crippen molar-refractivity contribution in [1.82, 2.24) is 10.3 Å². The molecular formula is C27H25N3O4S. The van der Waals surface area contributed by atoms with Crippen LogP contribution in [0.5, 0.6) is 23.0 Å². The molecular weight excluding hydrogens is 462 g/mol. The number of carbonyl (C=O) groups excluding carboxylic acids is 1. The van der Waals surface area contributed by atoms with Gasteiger partial charge in [0.1, 0.15) is 11.5 Å². The normalized spacial score (nSPS) is 10.5. The number of nitrogens with one attached hydrogen (secondary N) is 2. The van der Waals surface area contributed by atoms with E-state index < -0.39 is 0 Å². The highest BCUT2D eigenvalue weighted by Crippen LogP contribution is 2.36. The molecule has 1 amide bonds. The van der Waals surface area contributed by atoms with Crippen molar-refractivity contribution in [3.63, 3.8) is 0 Å². The van der Waals surface area contributed by atoms with Gasteiger partial charge in [0, 0.05) is 28.9 Å². The molecule has 0 spiro atoms. The van der Waals surface area contributed by atoms with Gasteiger partial charge in [0.2, 0.25) is 0 Å². The van der Waals surface area contributed by atoms with E-state index in [2.05, 4.69) is 15.6 Å². The summed E-state index contributed by atoms with van der Waals surface area (Å²) in [7, 11) is 3.17. The van der Waals surface area contributed by atoms with Gasteiger partial charge in [-0.25, -0.2) is 0 Å². The Kier molecular flexibility index (Phi) is 7.12. The molecule has 1 aromatic heterocycles. The number of nitrogens with zero attached hydrogens (tertiary/aromatic N) is 1. The molecule has 1 heterocycles. The number of amides is 1. The van der Waals surface area contributed by atoms with Gasteiger partial charge in [-0.05, 0) is 74.6 Å². The van der Waals surface area contributed by atoms with Crippen molar-refractivity contribution in [2.45, 2.75) is 13.8 Å². The van der Waals surface area contributed by atoms with Crippen molar-refractivity contribution in [2.24, 2.45) is 0 Å². The fraction of sp³-hybridized carbons (Fsp3) is 0.148. The Morgan fingerprint density at radius 3 is 2.17 bits per heavy atom. The standard InChI is InChI=1S/C27H25N3O4S/c1-16-11-17(2)13-18(12-16)26(31)30-27(35)29-19-5-7-20(8-6-19)34-23-9-10-28-22-15-25(33-4)24(32-3)14-21(22)23/h5-15H,1-4H3,(H2,29,30,31,35). The van der Waals surface area contributed by atoms with Crippen LogP contribution in [0.1, 0.15) is 21.5 Å². The fourth-order valence-electron chi connectivity index (χ4n) is 3.71. The van der Waals surface area contributed by atoms with Crippen LogP contribution in [0.2, 0.25) is 0 Å². The summed E-state index contributed by atoms with van der Waals surface area (Å²) in [5.41, 5.74) is 4.04. The van der Waals surface area contributed by atoms with Crippen molar-refractivity contribution in [3.05, 3.63) is 83.6 Å². The van der Waals surface area contributed by atoms with Crippen molar-refractivity contribution in [1.29, 1.82) is 0 Å². The second-order valence-corrected chi connectivity index (χ2v) is 8.35. The smallest absolute Gasteiger partial charge is 0.257 e. The molecule has 0 aliphatic rings. The summed E-state index contributed by atoms with van der Waals surface area (Å²) < 4.78 is 16.9. The summed E-state index contributed by atoms with van der Waals surface area (Å²) in [5, 5.41) is 6.74. The van der Waals surface area contributed by atoms with Gasteiger partial charge in [0.15, 0.2) is 16.6 Å². The number of rotatable bonds is 6. The van der Waals surface area contributed by atoms with Gasteiger partial charge in [-0.1, -0.05) is 17.2 Å². The highest BCUT2D eigenvalue weighted by molar-refractivity contribution is 7.80. The van der Waals surface area contributed by atoms with E-state index in [1.165, 1.54) is 0 Å². The molecule has 7 nitrogen and oxygen atoms in total. The first-order chi connectivity index (χ1) is 16.9. The molecule has 0 fully saturated rings. The van der Waals surface area contributed by atoms with Gasteiger partial charge in [-0.2, -0.15) is 0 Å². The van der Waals surface area contributed by atoms with Crippen LogP contribution in [0.4, 0.5) is 5.69 Å². The molecule has 4 aromatic rings. The maximum Gasteiger partial charge on any atom is 0.257 e. The first kappa shape index (κ1) is 24.0. The summed E-state index contributed by atoms with van der Waals surface area (Å²) >= 11 is 5.31.